The van der Waals surface area contributed by atoms with Crippen molar-refractivity contribution in [2.45, 2.75) is 32.5 Å². The maximum Gasteiger partial charge on any atom is 0.258 e. The fourth-order valence-electron chi connectivity index (χ4n) is 2.49. The molecular formula is C19H20N2O2. The molecule has 3 rings (SSSR count). The lowest BCUT2D eigenvalue weighted by atomic mass is 10.2. The number of hydrogen-bond donors (Lipinski definition) is 1. The Balaban J connectivity index is 1.58. The van der Waals surface area contributed by atoms with Gasteiger partial charge in [-0.25, -0.2) is 4.98 Å². The number of rotatable bonds is 6. The summed E-state index contributed by atoms with van der Waals surface area (Å²) in [6, 6.07) is 17.5. The minimum absolute atomic E-state index is 0.0801. The Morgan fingerprint density at radius 3 is 2.65 bits per heavy atom. The Morgan fingerprint density at radius 1 is 1.09 bits per heavy atom. The highest BCUT2D eigenvalue weighted by Crippen LogP contribution is 2.10. The SMILES string of the molecule is CC(CCc1nc2ccccc2c(=O)[nH]1)OCc1ccccc1. The van der Waals surface area contributed by atoms with Gasteiger partial charge in [0.1, 0.15) is 5.82 Å². The number of benzene rings is 2. The quantitative estimate of drug-likeness (QED) is 0.758. The minimum atomic E-state index is -0.0801. The summed E-state index contributed by atoms with van der Waals surface area (Å²) in [5, 5.41) is 0.629. The van der Waals surface area contributed by atoms with Crippen LogP contribution in [-0.4, -0.2) is 16.1 Å². The second-order valence-electron chi connectivity index (χ2n) is 5.68. The number of para-hydroxylation sites is 1. The van der Waals surface area contributed by atoms with Gasteiger partial charge in [0.15, 0.2) is 0 Å². The number of aromatic nitrogens is 2. The van der Waals surface area contributed by atoms with Crippen LogP contribution in [0.5, 0.6) is 0 Å². The Morgan fingerprint density at radius 2 is 1.83 bits per heavy atom. The smallest absolute Gasteiger partial charge is 0.258 e. The van der Waals surface area contributed by atoms with Crippen molar-refractivity contribution in [3.8, 4) is 0 Å². The number of aromatic amines is 1. The molecule has 1 atom stereocenters. The van der Waals surface area contributed by atoms with Crippen LogP contribution in [-0.2, 0) is 17.8 Å². The van der Waals surface area contributed by atoms with Crippen LogP contribution in [0.1, 0.15) is 24.7 Å². The maximum absolute atomic E-state index is 12.0. The molecule has 0 spiro atoms. The minimum Gasteiger partial charge on any atom is -0.374 e. The summed E-state index contributed by atoms with van der Waals surface area (Å²) >= 11 is 0. The van der Waals surface area contributed by atoms with Crippen molar-refractivity contribution >= 4 is 10.9 Å². The number of ether oxygens (including phenoxy) is 1. The largest absolute Gasteiger partial charge is 0.374 e. The molecule has 0 radical (unpaired) electrons. The molecule has 4 nitrogen and oxygen atoms in total. The van der Waals surface area contributed by atoms with Crippen molar-refractivity contribution in [2.24, 2.45) is 0 Å². The molecule has 23 heavy (non-hydrogen) atoms. The van der Waals surface area contributed by atoms with Crippen molar-refractivity contribution in [3.05, 3.63) is 76.3 Å². The number of H-pyrrole nitrogens is 1. The molecule has 0 aliphatic rings. The van der Waals surface area contributed by atoms with E-state index >= 15 is 0 Å². The number of aryl methyl sites for hydroxylation is 1. The van der Waals surface area contributed by atoms with Crippen LogP contribution in [0.15, 0.2) is 59.4 Å². The van der Waals surface area contributed by atoms with E-state index in [9.17, 15) is 4.79 Å². The Kier molecular flexibility index (Phi) is 4.83. The second-order valence-corrected chi connectivity index (χ2v) is 5.68. The molecule has 0 aliphatic carbocycles. The molecule has 118 valence electrons. The third-order valence-electron chi connectivity index (χ3n) is 3.83. The zero-order valence-corrected chi connectivity index (χ0v) is 13.2. The lowest BCUT2D eigenvalue weighted by molar-refractivity contribution is 0.0475. The van der Waals surface area contributed by atoms with Gasteiger partial charge in [-0.3, -0.25) is 4.79 Å². The van der Waals surface area contributed by atoms with Gasteiger partial charge in [-0.15, -0.1) is 0 Å². The first-order chi connectivity index (χ1) is 11.2. The fourth-order valence-corrected chi connectivity index (χ4v) is 2.49. The monoisotopic (exact) mass is 308 g/mol. The Hall–Kier alpha value is -2.46. The summed E-state index contributed by atoms with van der Waals surface area (Å²) in [6.07, 6.45) is 1.61. The summed E-state index contributed by atoms with van der Waals surface area (Å²) in [7, 11) is 0. The van der Waals surface area contributed by atoms with E-state index in [1.54, 1.807) is 6.07 Å². The van der Waals surface area contributed by atoms with Gasteiger partial charge in [-0.2, -0.15) is 0 Å². The average molecular weight is 308 g/mol. The lowest BCUT2D eigenvalue weighted by Gasteiger charge is -2.13. The third kappa shape index (κ3) is 4.05. The molecule has 1 N–H and O–H groups in total. The van der Waals surface area contributed by atoms with Gasteiger partial charge < -0.3 is 9.72 Å². The van der Waals surface area contributed by atoms with E-state index < -0.39 is 0 Å². The zero-order chi connectivity index (χ0) is 16.1. The molecule has 0 aliphatic heterocycles. The van der Waals surface area contributed by atoms with Crippen LogP contribution in [0, 0.1) is 0 Å². The van der Waals surface area contributed by atoms with Gasteiger partial charge in [0.05, 0.1) is 23.6 Å². The first-order valence-electron chi connectivity index (χ1n) is 7.86. The number of nitrogens with one attached hydrogen (secondary N) is 1. The van der Waals surface area contributed by atoms with Crippen molar-refractivity contribution in [2.75, 3.05) is 0 Å². The van der Waals surface area contributed by atoms with Gasteiger partial charge in [-0.1, -0.05) is 42.5 Å². The predicted octanol–water partition coefficient (Wildman–Crippen LogP) is 3.46. The highest BCUT2D eigenvalue weighted by molar-refractivity contribution is 5.77. The highest BCUT2D eigenvalue weighted by Gasteiger charge is 2.07. The van der Waals surface area contributed by atoms with Crippen molar-refractivity contribution in [3.63, 3.8) is 0 Å². The highest BCUT2D eigenvalue weighted by atomic mass is 16.5. The Labute approximate surface area is 135 Å². The van der Waals surface area contributed by atoms with Gasteiger partial charge in [0, 0.05) is 6.42 Å². The van der Waals surface area contributed by atoms with Gasteiger partial charge in [-0.05, 0) is 31.0 Å². The van der Waals surface area contributed by atoms with Crippen LogP contribution >= 0.6 is 0 Å². The molecule has 0 amide bonds. The number of hydrogen-bond acceptors (Lipinski definition) is 3. The van der Waals surface area contributed by atoms with E-state index in [1.165, 1.54) is 0 Å². The summed E-state index contributed by atoms with van der Waals surface area (Å²) in [6.45, 7) is 2.64. The average Bonchev–Trinajstić information content (AvgIpc) is 2.59. The first kappa shape index (κ1) is 15.4. The predicted molar refractivity (Wildman–Crippen MR) is 91.4 cm³/mol. The van der Waals surface area contributed by atoms with E-state index in [-0.39, 0.29) is 11.7 Å². The van der Waals surface area contributed by atoms with E-state index in [1.807, 2.05) is 43.3 Å². The first-order valence-corrected chi connectivity index (χ1v) is 7.86. The van der Waals surface area contributed by atoms with Crippen LogP contribution in [0.2, 0.25) is 0 Å². The van der Waals surface area contributed by atoms with Crippen molar-refractivity contribution in [1.29, 1.82) is 0 Å². The number of nitrogens with zero attached hydrogens (tertiary/aromatic N) is 1. The molecule has 1 unspecified atom stereocenters. The summed E-state index contributed by atoms with van der Waals surface area (Å²) in [4.78, 5) is 19.4. The van der Waals surface area contributed by atoms with Gasteiger partial charge in [0.25, 0.3) is 5.56 Å². The molecule has 0 fully saturated rings. The maximum atomic E-state index is 12.0. The van der Waals surface area contributed by atoms with E-state index in [0.29, 0.717) is 24.2 Å². The second kappa shape index (κ2) is 7.20. The standard InChI is InChI=1S/C19H20N2O2/c1-14(23-13-15-7-3-2-4-8-15)11-12-18-20-17-10-6-5-9-16(17)19(22)21-18/h2-10,14H,11-13H2,1H3,(H,20,21,22). The molecule has 2 aromatic carbocycles. The van der Waals surface area contributed by atoms with Gasteiger partial charge in [0.2, 0.25) is 0 Å². The Bertz CT molecular complexity index is 827. The van der Waals surface area contributed by atoms with Crippen molar-refractivity contribution < 1.29 is 4.74 Å². The molecule has 3 aromatic rings. The summed E-state index contributed by atoms with van der Waals surface area (Å²) in [5.74, 6) is 0.712. The molecule has 4 heteroatoms. The topological polar surface area (TPSA) is 55.0 Å². The van der Waals surface area contributed by atoms with E-state index in [2.05, 4.69) is 22.1 Å². The van der Waals surface area contributed by atoms with Crippen LogP contribution in [0.4, 0.5) is 0 Å². The normalized spacial score (nSPS) is 12.4. The summed E-state index contributed by atoms with van der Waals surface area (Å²) in [5.41, 5.74) is 1.82. The summed E-state index contributed by atoms with van der Waals surface area (Å²) < 4.78 is 5.85. The van der Waals surface area contributed by atoms with Crippen molar-refractivity contribution in [1.82, 2.24) is 9.97 Å². The van der Waals surface area contributed by atoms with Gasteiger partial charge >= 0.3 is 0 Å². The van der Waals surface area contributed by atoms with E-state index in [4.69, 9.17) is 4.74 Å². The third-order valence-corrected chi connectivity index (χ3v) is 3.83. The fraction of sp³-hybridized carbons (Fsp3) is 0.263. The molecule has 0 saturated carbocycles. The molecule has 0 bridgehead atoms. The van der Waals surface area contributed by atoms with Crippen LogP contribution < -0.4 is 5.56 Å². The molecular weight excluding hydrogens is 288 g/mol. The van der Waals surface area contributed by atoms with Crippen LogP contribution in [0.25, 0.3) is 10.9 Å². The van der Waals surface area contributed by atoms with E-state index in [0.717, 1.165) is 17.5 Å². The molecule has 1 aromatic heterocycles. The van der Waals surface area contributed by atoms with Crippen LogP contribution in [0.3, 0.4) is 0 Å². The zero-order valence-electron chi connectivity index (χ0n) is 13.2. The lowest BCUT2D eigenvalue weighted by Crippen LogP contribution is -2.15. The molecule has 0 saturated heterocycles. The number of fused-ring (bicyclic) bond motifs is 1. The molecule has 1 heterocycles.